The molecule has 2 rings (SSSR count). The van der Waals surface area contributed by atoms with Crippen LogP contribution in [0.5, 0.6) is 0 Å². The van der Waals surface area contributed by atoms with E-state index in [1.165, 1.54) is 0 Å². The number of allylic oxidation sites excluding steroid dienone is 2. The van der Waals surface area contributed by atoms with Crippen LogP contribution in [0.25, 0.3) is 0 Å². The third kappa shape index (κ3) is 5.15. The molecule has 0 spiro atoms. The van der Waals surface area contributed by atoms with E-state index >= 15 is 0 Å². The summed E-state index contributed by atoms with van der Waals surface area (Å²) in [5.41, 5.74) is 6.18. The number of hydrogen-bond acceptors (Lipinski definition) is 2. The third-order valence-electron chi connectivity index (χ3n) is 1.41. The summed E-state index contributed by atoms with van der Waals surface area (Å²) in [6.45, 7) is 0. The lowest BCUT2D eigenvalue weighted by Gasteiger charge is -1.88. The van der Waals surface area contributed by atoms with Gasteiger partial charge >= 0.3 is 0 Å². The van der Waals surface area contributed by atoms with Gasteiger partial charge in [0.2, 0.25) is 0 Å². The Morgan fingerprint density at radius 1 is 1.08 bits per heavy atom. The molecule has 0 saturated carbocycles. The average molecular weight is 191 g/mol. The van der Waals surface area contributed by atoms with Gasteiger partial charge in [-0.1, -0.05) is 36.4 Å². The molecule has 1 nitrogen and oxygen atoms in total. The van der Waals surface area contributed by atoms with Crippen molar-refractivity contribution in [2.45, 2.75) is 0 Å². The van der Waals surface area contributed by atoms with Crippen LogP contribution in [-0.2, 0) is 0 Å². The van der Waals surface area contributed by atoms with E-state index in [4.69, 9.17) is 5.73 Å². The van der Waals surface area contributed by atoms with Gasteiger partial charge in [0.25, 0.3) is 0 Å². The molecule has 13 heavy (non-hydrogen) atoms. The van der Waals surface area contributed by atoms with Gasteiger partial charge in [0.05, 0.1) is 0 Å². The van der Waals surface area contributed by atoms with Gasteiger partial charge in [-0.3, -0.25) is 0 Å². The van der Waals surface area contributed by atoms with Crippen molar-refractivity contribution in [1.29, 1.82) is 0 Å². The minimum Gasteiger partial charge on any atom is -0.399 e. The number of benzene rings is 1. The Kier molecular flexibility index (Phi) is 4.87. The number of nitrogens with two attached hydrogens (primary N) is 1. The molecule has 68 valence electrons. The van der Waals surface area contributed by atoms with Crippen LogP contribution < -0.4 is 5.73 Å². The zero-order chi connectivity index (χ0) is 9.36. The van der Waals surface area contributed by atoms with Gasteiger partial charge in [-0.15, -0.1) is 11.8 Å². The molecule has 1 aromatic carbocycles. The molecule has 0 unspecified atom stereocenters. The minimum absolute atomic E-state index is 0.822. The predicted octanol–water partition coefficient (Wildman–Crippen LogP) is 3.07. The highest BCUT2D eigenvalue weighted by atomic mass is 32.2. The lowest BCUT2D eigenvalue weighted by molar-refractivity contribution is 1.69. The predicted molar refractivity (Wildman–Crippen MR) is 61.6 cm³/mol. The van der Waals surface area contributed by atoms with Gasteiger partial charge in [-0.25, -0.2) is 0 Å². The van der Waals surface area contributed by atoms with Crippen molar-refractivity contribution < 1.29 is 0 Å². The molecule has 0 bridgehead atoms. The van der Waals surface area contributed by atoms with E-state index in [2.05, 4.69) is 17.6 Å². The van der Waals surface area contributed by atoms with E-state index < -0.39 is 0 Å². The Balaban J connectivity index is 0.000000132. The molecule has 0 saturated heterocycles. The van der Waals surface area contributed by atoms with Crippen LogP contribution in [-0.4, -0.2) is 5.75 Å². The summed E-state index contributed by atoms with van der Waals surface area (Å²) < 4.78 is 0. The molecular formula is C11H13NS. The van der Waals surface area contributed by atoms with Crippen LogP contribution >= 0.6 is 11.8 Å². The lowest BCUT2D eigenvalue weighted by Crippen LogP contribution is -1.79. The number of thioether (sulfide) groups is 1. The van der Waals surface area contributed by atoms with Crippen molar-refractivity contribution in [3.8, 4) is 0 Å². The molecule has 0 amide bonds. The van der Waals surface area contributed by atoms with Crippen LogP contribution in [0, 0.1) is 0 Å². The van der Waals surface area contributed by atoms with Crippen molar-refractivity contribution >= 4 is 17.4 Å². The molecular weight excluding hydrogens is 178 g/mol. The van der Waals surface area contributed by atoms with E-state index in [0.29, 0.717) is 0 Å². The summed E-state index contributed by atoms with van der Waals surface area (Å²) in [6.07, 6.45) is 6.26. The smallest absolute Gasteiger partial charge is 0.0313 e. The number of nitrogen functional groups attached to an aromatic ring is 1. The third-order valence-corrected chi connectivity index (χ3v) is 2.15. The normalized spacial score (nSPS) is 13.2. The maximum absolute atomic E-state index is 5.36. The molecule has 0 fully saturated rings. The van der Waals surface area contributed by atoms with E-state index in [9.17, 15) is 0 Å². The topological polar surface area (TPSA) is 26.0 Å². The fourth-order valence-electron chi connectivity index (χ4n) is 0.799. The summed E-state index contributed by atoms with van der Waals surface area (Å²) in [4.78, 5) is 0. The van der Waals surface area contributed by atoms with Crippen molar-refractivity contribution in [2.24, 2.45) is 0 Å². The second-order valence-corrected chi connectivity index (χ2v) is 3.44. The maximum Gasteiger partial charge on any atom is 0.0313 e. The Morgan fingerprint density at radius 2 is 1.85 bits per heavy atom. The Morgan fingerprint density at radius 3 is 2.08 bits per heavy atom. The Hall–Kier alpha value is -1.15. The minimum atomic E-state index is 0.822. The van der Waals surface area contributed by atoms with E-state index in [1.54, 1.807) is 0 Å². The second kappa shape index (κ2) is 6.38. The fraction of sp³-hybridized carbons (Fsp3) is 0.0909. The first-order valence-corrected chi connectivity index (χ1v) is 5.18. The molecule has 1 aliphatic heterocycles. The number of hydrogen-bond donors (Lipinski definition) is 1. The number of rotatable bonds is 0. The first kappa shape index (κ1) is 9.93. The highest BCUT2D eigenvalue weighted by Gasteiger charge is 1.77. The van der Waals surface area contributed by atoms with E-state index in [-0.39, 0.29) is 0 Å². The molecule has 1 aliphatic rings. The first-order chi connectivity index (χ1) is 6.39. The van der Waals surface area contributed by atoms with Crippen LogP contribution in [0.4, 0.5) is 5.69 Å². The zero-order valence-electron chi connectivity index (χ0n) is 7.39. The Bertz CT molecular complexity index is 265. The number of para-hydroxylation sites is 1. The molecule has 0 aromatic heterocycles. The first-order valence-electron chi connectivity index (χ1n) is 4.13. The molecule has 0 aliphatic carbocycles. The summed E-state index contributed by atoms with van der Waals surface area (Å²) in [7, 11) is 0. The van der Waals surface area contributed by atoms with Gasteiger partial charge in [-0.05, 0) is 17.5 Å². The van der Waals surface area contributed by atoms with Crippen LogP contribution in [0.1, 0.15) is 0 Å². The monoisotopic (exact) mass is 191 g/mol. The summed E-state index contributed by atoms with van der Waals surface area (Å²) >= 11 is 1.83. The lowest BCUT2D eigenvalue weighted by atomic mass is 10.3. The highest BCUT2D eigenvalue weighted by molar-refractivity contribution is 8.02. The van der Waals surface area contributed by atoms with Crippen molar-refractivity contribution in [2.75, 3.05) is 11.5 Å². The quantitative estimate of drug-likeness (QED) is 0.638. The molecule has 1 heterocycles. The van der Waals surface area contributed by atoms with Crippen molar-refractivity contribution in [1.82, 2.24) is 0 Å². The second-order valence-electron chi connectivity index (χ2n) is 2.50. The molecule has 0 atom stereocenters. The van der Waals surface area contributed by atoms with Gasteiger partial charge in [0, 0.05) is 11.4 Å². The Labute approximate surface area is 83.3 Å². The van der Waals surface area contributed by atoms with Gasteiger partial charge < -0.3 is 5.73 Å². The maximum atomic E-state index is 5.36. The zero-order valence-corrected chi connectivity index (χ0v) is 8.21. The SMILES string of the molecule is C1=CCSC=C1.Nc1ccccc1. The van der Waals surface area contributed by atoms with Crippen LogP contribution in [0.15, 0.2) is 54.0 Å². The summed E-state index contributed by atoms with van der Waals surface area (Å²) in [5, 5.41) is 2.10. The standard InChI is InChI=1S/C6H7N.C5H6S/c7-6-4-2-1-3-5-6;1-2-4-6-5-3-1/h1-5H,7H2;1-4H,5H2. The summed E-state index contributed by atoms with van der Waals surface area (Å²) in [5.74, 6) is 1.15. The van der Waals surface area contributed by atoms with Gasteiger partial charge in [-0.2, -0.15) is 0 Å². The molecule has 2 heteroatoms. The fourth-order valence-corrected chi connectivity index (χ4v) is 1.33. The molecule has 0 radical (unpaired) electrons. The van der Waals surface area contributed by atoms with Crippen molar-refractivity contribution in [3.05, 3.63) is 54.0 Å². The molecule has 1 aromatic rings. The van der Waals surface area contributed by atoms with Crippen LogP contribution in [0.3, 0.4) is 0 Å². The van der Waals surface area contributed by atoms with Crippen molar-refractivity contribution in [3.63, 3.8) is 0 Å². The number of anilines is 1. The average Bonchev–Trinajstić information content (AvgIpc) is 2.22. The molecule has 2 N–H and O–H groups in total. The van der Waals surface area contributed by atoms with Gasteiger partial charge in [0.15, 0.2) is 0 Å². The van der Waals surface area contributed by atoms with Gasteiger partial charge in [0.1, 0.15) is 0 Å². The van der Waals surface area contributed by atoms with E-state index in [0.717, 1.165) is 11.4 Å². The van der Waals surface area contributed by atoms with Crippen LogP contribution in [0.2, 0.25) is 0 Å². The highest BCUT2D eigenvalue weighted by Crippen LogP contribution is 2.05. The summed E-state index contributed by atoms with van der Waals surface area (Å²) in [6, 6.07) is 9.49. The van der Waals surface area contributed by atoms with E-state index in [1.807, 2.05) is 48.2 Å². The largest absolute Gasteiger partial charge is 0.399 e.